The zero-order valence-electron chi connectivity index (χ0n) is 13.1. The van der Waals surface area contributed by atoms with Crippen molar-refractivity contribution in [2.45, 2.75) is 26.4 Å². The second kappa shape index (κ2) is 8.63. The predicted octanol–water partition coefficient (Wildman–Crippen LogP) is 1.53. The van der Waals surface area contributed by atoms with E-state index in [1.807, 2.05) is 24.3 Å². The summed E-state index contributed by atoms with van der Waals surface area (Å²) in [7, 11) is 0. The summed E-state index contributed by atoms with van der Waals surface area (Å²) < 4.78 is 0. The summed E-state index contributed by atoms with van der Waals surface area (Å²) in [5.74, 6) is -0.133. The lowest BCUT2D eigenvalue weighted by Crippen LogP contribution is -2.33. The molecule has 6 nitrogen and oxygen atoms in total. The molecule has 0 aliphatic heterocycles. The van der Waals surface area contributed by atoms with Gasteiger partial charge in [-0.1, -0.05) is 0 Å². The van der Waals surface area contributed by atoms with Crippen molar-refractivity contribution in [3.8, 4) is 0 Å². The summed E-state index contributed by atoms with van der Waals surface area (Å²) in [5.41, 5.74) is 1.99. The zero-order valence-corrected chi connectivity index (χ0v) is 13.1. The molecule has 0 spiro atoms. The largest absolute Gasteiger partial charge is 0.352 e. The first kappa shape index (κ1) is 16.6. The van der Waals surface area contributed by atoms with E-state index in [0.717, 1.165) is 11.1 Å². The van der Waals surface area contributed by atoms with Crippen molar-refractivity contribution in [1.29, 1.82) is 0 Å². The highest BCUT2D eigenvalue weighted by atomic mass is 16.2. The summed E-state index contributed by atoms with van der Waals surface area (Å²) in [6.07, 6.45) is 7.03. The molecule has 1 N–H and O–H groups in total. The molecule has 0 bridgehead atoms. The summed E-state index contributed by atoms with van der Waals surface area (Å²) in [4.78, 5) is 33.2. The van der Waals surface area contributed by atoms with Gasteiger partial charge in [-0.25, -0.2) is 0 Å². The van der Waals surface area contributed by atoms with E-state index in [0.29, 0.717) is 19.6 Å². The molecule has 2 rings (SSSR count). The maximum atomic E-state index is 11.9. The Bertz CT molecular complexity index is 632. The SMILES string of the molecule is CC(=O)N(CCC(=O)NCc1ccncc1)Cc1ccncc1. The lowest BCUT2D eigenvalue weighted by molar-refractivity contribution is -0.130. The topological polar surface area (TPSA) is 75.2 Å². The predicted molar refractivity (Wildman–Crippen MR) is 86.0 cm³/mol. The first-order chi connectivity index (χ1) is 11.1. The number of amides is 2. The monoisotopic (exact) mass is 312 g/mol. The lowest BCUT2D eigenvalue weighted by Gasteiger charge is -2.20. The Balaban J connectivity index is 1.79. The van der Waals surface area contributed by atoms with E-state index in [9.17, 15) is 9.59 Å². The third kappa shape index (κ3) is 5.86. The molecule has 0 fully saturated rings. The van der Waals surface area contributed by atoms with Crippen molar-refractivity contribution in [1.82, 2.24) is 20.2 Å². The van der Waals surface area contributed by atoms with Gasteiger partial charge in [0.25, 0.3) is 0 Å². The molecule has 2 amide bonds. The normalized spacial score (nSPS) is 10.1. The van der Waals surface area contributed by atoms with E-state index in [-0.39, 0.29) is 18.2 Å². The molecule has 120 valence electrons. The van der Waals surface area contributed by atoms with E-state index in [1.54, 1.807) is 29.7 Å². The first-order valence-electron chi connectivity index (χ1n) is 7.45. The Morgan fingerprint density at radius 1 is 1.00 bits per heavy atom. The molecule has 2 aromatic heterocycles. The van der Waals surface area contributed by atoms with Gasteiger partial charge in [-0.3, -0.25) is 19.6 Å². The number of rotatable bonds is 7. The molecule has 0 saturated carbocycles. The number of hydrogen-bond donors (Lipinski definition) is 1. The quantitative estimate of drug-likeness (QED) is 0.841. The Kier molecular flexibility index (Phi) is 6.23. The maximum absolute atomic E-state index is 11.9. The fourth-order valence-corrected chi connectivity index (χ4v) is 2.08. The zero-order chi connectivity index (χ0) is 16.5. The van der Waals surface area contributed by atoms with Crippen LogP contribution in [0, 0.1) is 0 Å². The summed E-state index contributed by atoms with van der Waals surface area (Å²) in [6.45, 7) is 2.84. The van der Waals surface area contributed by atoms with Gasteiger partial charge in [0.2, 0.25) is 11.8 Å². The van der Waals surface area contributed by atoms with Gasteiger partial charge in [-0.15, -0.1) is 0 Å². The molecule has 6 heteroatoms. The second-order valence-corrected chi connectivity index (χ2v) is 5.18. The van der Waals surface area contributed by atoms with Gasteiger partial charge in [0.15, 0.2) is 0 Å². The van der Waals surface area contributed by atoms with Crippen LogP contribution in [0.5, 0.6) is 0 Å². The van der Waals surface area contributed by atoms with Crippen LogP contribution in [0.2, 0.25) is 0 Å². The van der Waals surface area contributed by atoms with Crippen LogP contribution in [0.15, 0.2) is 49.1 Å². The van der Waals surface area contributed by atoms with Crippen LogP contribution in [-0.2, 0) is 22.7 Å². The van der Waals surface area contributed by atoms with E-state index < -0.39 is 0 Å². The van der Waals surface area contributed by atoms with Crippen molar-refractivity contribution in [2.24, 2.45) is 0 Å². The smallest absolute Gasteiger partial charge is 0.222 e. The Morgan fingerprint density at radius 3 is 2.13 bits per heavy atom. The molecule has 0 saturated heterocycles. The highest BCUT2D eigenvalue weighted by Gasteiger charge is 2.11. The number of nitrogens with one attached hydrogen (secondary N) is 1. The minimum absolute atomic E-state index is 0.0521. The van der Waals surface area contributed by atoms with Crippen LogP contribution in [0.25, 0.3) is 0 Å². The van der Waals surface area contributed by atoms with Gasteiger partial charge in [-0.05, 0) is 35.4 Å². The molecule has 0 aliphatic rings. The number of aromatic nitrogens is 2. The third-order valence-corrected chi connectivity index (χ3v) is 3.42. The van der Waals surface area contributed by atoms with Crippen molar-refractivity contribution >= 4 is 11.8 Å². The van der Waals surface area contributed by atoms with Gasteiger partial charge >= 0.3 is 0 Å². The van der Waals surface area contributed by atoms with E-state index in [2.05, 4.69) is 15.3 Å². The van der Waals surface area contributed by atoms with Crippen LogP contribution >= 0.6 is 0 Å². The van der Waals surface area contributed by atoms with Crippen LogP contribution < -0.4 is 5.32 Å². The fraction of sp³-hybridized carbons (Fsp3) is 0.294. The molecular weight excluding hydrogens is 292 g/mol. The van der Waals surface area contributed by atoms with Gasteiger partial charge in [0.05, 0.1) is 0 Å². The number of nitrogens with zero attached hydrogens (tertiary/aromatic N) is 3. The van der Waals surface area contributed by atoms with Gasteiger partial charge in [0.1, 0.15) is 0 Å². The molecular formula is C17H20N4O2. The molecule has 0 aliphatic carbocycles. The van der Waals surface area contributed by atoms with Gasteiger partial charge in [-0.2, -0.15) is 0 Å². The lowest BCUT2D eigenvalue weighted by atomic mass is 10.2. The minimum atomic E-state index is -0.0807. The van der Waals surface area contributed by atoms with Crippen LogP contribution in [0.3, 0.4) is 0 Å². The fourth-order valence-electron chi connectivity index (χ4n) is 2.08. The van der Waals surface area contributed by atoms with E-state index >= 15 is 0 Å². The number of hydrogen-bond acceptors (Lipinski definition) is 4. The molecule has 23 heavy (non-hydrogen) atoms. The highest BCUT2D eigenvalue weighted by molar-refractivity contribution is 5.78. The van der Waals surface area contributed by atoms with Gasteiger partial charge < -0.3 is 10.2 Å². The third-order valence-electron chi connectivity index (χ3n) is 3.42. The second-order valence-electron chi connectivity index (χ2n) is 5.18. The summed E-state index contributed by atoms with van der Waals surface area (Å²) >= 11 is 0. The molecule has 2 aromatic rings. The average molecular weight is 312 g/mol. The molecule has 0 unspecified atom stereocenters. The Morgan fingerprint density at radius 2 is 1.57 bits per heavy atom. The summed E-state index contributed by atoms with van der Waals surface area (Å²) in [5, 5.41) is 2.84. The Labute approximate surface area is 135 Å². The van der Waals surface area contributed by atoms with Gasteiger partial charge in [0, 0.05) is 57.8 Å². The van der Waals surface area contributed by atoms with E-state index in [4.69, 9.17) is 0 Å². The van der Waals surface area contributed by atoms with Crippen LogP contribution in [-0.4, -0.2) is 33.2 Å². The molecule has 0 atom stereocenters. The number of carbonyl (C=O) groups is 2. The summed E-state index contributed by atoms with van der Waals surface area (Å²) in [6, 6.07) is 7.43. The molecule has 0 aromatic carbocycles. The van der Waals surface area contributed by atoms with Crippen molar-refractivity contribution in [3.05, 3.63) is 60.2 Å². The van der Waals surface area contributed by atoms with Crippen molar-refractivity contribution in [3.63, 3.8) is 0 Å². The standard InChI is InChI=1S/C17H20N4O2/c1-14(22)21(13-16-4-9-19-10-5-16)11-6-17(23)20-12-15-2-7-18-8-3-15/h2-5,7-10H,6,11-13H2,1H3,(H,20,23). The van der Waals surface area contributed by atoms with Crippen molar-refractivity contribution < 1.29 is 9.59 Å². The van der Waals surface area contributed by atoms with Crippen LogP contribution in [0.1, 0.15) is 24.5 Å². The number of pyridine rings is 2. The molecule has 0 radical (unpaired) electrons. The highest BCUT2D eigenvalue weighted by Crippen LogP contribution is 2.05. The Hall–Kier alpha value is -2.76. The first-order valence-corrected chi connectivity index (χ1v) is 7.45. The number of carbonyl (C=O) groups excluding carboxylic acids is 2. The van der Waals surface area contributed by atoms with Crippen molar-refractivity contribution in [2.75, 3.05) is 6.54 Å². The maximum Gasteiger partial charge on any atom is 0.222 e. The van der Waals surface area contributed by atoms with Crippen LogP contribution in [0.4, 0.5) is 0 Å². The van der Waals surface area contributed by atoms with E-state index in [1.165, 1.54) is 6.92 Å². The average Bonchev–Trinajstić information content (AvgIpc) is 2.58. The molecule has 2 heterocycles. The minimum Gasteiger partial charge on any atom is -0.352 e.